The summed E-state index contributed by atoms with van der Waals surface area (Å²) in [5.74, 6) is 0.116. The first-order chi connectivity index (χ1) is 11.5. The van der Waals surface area contributed by atoms with Crippen molar-refractivity contribution < 1.29 is 9.53 Å². The van der Waals surface area contributed by atoms with E-state index in [2.05, 4.69) is 10.3 Å². The van der Waals surface area contributed by atoms with Gasteiger partial charge < -0.3 is 15.0 Å². The van der Waals surface area contributed by atoms with Gasteiger partial charge in [-0.3, -0.25) is 14.2 Å². The van der Waals surface area contributed by atoms with Crippen LogP contribution in [-0.4, -0.2) is 35.2 Å². The second kappa shape index (κ2) is 6.60. The van der Waals surface area contributed by atoms with E-state index >= 15 is 0 Å². The van der Waals surface area contributed by atoms with E-state index in [0.717, 1.165) is 13.0 Å². The smallest absolute Gasteiger partial charge is 0.329 e. The highest BCUT2D eigenvalue weighted by atomic mass is 16.5. The van der Waals surface area contributed by atoms with E-state index in [9.17, 15) is 14.4 Å². The molecule has 3 rings (SSSR count). The molecule has 1 fully saturated rings. The van der Waals surface area contributed by atoms with Crippen molar-refractivity contribution in [1.82, 2.24) is 14.9 Å². The van der Waals surface area contributed by atoms with Crippen LogP contribution in [0.2, 0.25) is 0 Å². The van der Waals surface area contributed by atoms with Crippen LogP contribution in [-0.2, 0) is 4.74 Å². The minimum absolute atomic E-state index is 0.224. The van der Waals surface area contributed by atoms with Crippen LogP contribution < -0.4 is 16.6 Å². The molecule has 0 spiro atoms. The Labute approximate surface area is 138 Å². The van der Waals surface area contributed by atoms with Gasteiger partial charge in [0.05, 0.1) is 17.5 Å². The monoisotopic (exact) mass is 331 g/mol. The predicted molar refractivity (Wildman–Crippen MR) is 90.5 cm³/mol. The molecule has 7 heteroatoms. The summed E-state index contributed by atoms with van der Waals surface area (Å²) in [6.07, 6.45) is 0.945. The number of nitrogens with one attached hydrogen (secondary N) is 2. The second-order valence-electron chi connectivity index (χ2n) is 6.40. The Morgan fingerprint density at radius 1 is 1.42 bits per heavy atom. The van der Waals surface area contributed by atoms with E-state index in [-0.39, 0.29) is 17.5 Å². The number of hydrogen-bond donors (Lipinski definition) is 2. The Balaban J connectivity index is 1.88. The predicted octanol–water partition coefficient (Wildman–Crippen LogP) is 1.04. The standard InChI is InChI=1S/C17H21N3O4/c1-10(2)20-16(22)13-4-3-12(7-14(13)19-17(20)23)15(21)18-8-11-5-6-24-9-11/h3-4,7,10-11H,5-6,8-9H2,1-2H3,(H,18,21)(H,19,23)/t11-/m1/s1. The number of amides is 1. The summed E-state index contributed by atoms with van der Waals surface area (Å²) >= 11 is 0. The van der Waals surface area contributed by atoms with Crippen molar-refractivity contribution in [1.29, 1.82) is 0 Å². The molecule has 0 saturated carbocycles. The third kappa shape index (κ3) is 3.12. The van der Waals surface area contributed by atoms with Crippen molar-refractivity contribution in [3.05, 3.63) is 44.6 Å². The average molecular weight is 331 g/mol. The molecular formula is C17H21N3O4. The quantitative estimate of drug-likeness (QED) is 0.875. The molecule has 0 radical (unpaired) electrons. The molecule has 1 aromatic heterocycles. The Morgan fingerprint density at radius 2 is 2.21 bits per heavy atom. The number of ether oxygens (including phenoxy) is 1. The summed E-state index contributed by atoms with van der Waals surface area (Å²) in [6.45, 7) is 5.51. The Bertz CT molecular complexity index is 876. The van der Waals surface area contributed by atoms with Crippen molar-refractivity contribution in [2.75, 3.05) is 19.8 Å². The van der Waals surface area contributed by atoms with Gasteiger partial charge in [0.25, 0.3) is 11.5 Å². The SMILES string of the molecule is CC(C)n1c(=O)[nH]c2cc(C(=O)NC[C@H]3CCOC3)ccc2c1=O. The van der Waals surface area contributed by atoms with Gasteiger partial charge in [0.15, 0.2) is 0 Å². The van der Waals surface area contributed by atoms with Gasteiger partial charge in [-0.25, -0.2) is 4.79 Å². The molecule has 2 aromatic rings. The van der Waals surface area contributed by atoms with Crippen LogP contribution in [0, 0.1) is 5.92 Å². The maximum atomic E-state index is 12.4. The zero-order chi connectivity index (χ0) is 17.3. The molecule has 0 aliphatic carbocycles. The molecule has 1 atom stereocenters. The fourth-order valence-corrected chi connectivity index (χ4v) is 2.93. The Morgan fingerprint density at radius 3 is 2.88 bits per heavy atom. The maximum Gasteiger partial charge on any atom is 0.329 e. The number of aromatic amines is 1. The summed E-state index contributed by atoms with van der Waals surface area (Å²) in [4.78, 5) is 39.4. The summed E-state index contributed by atoms with van der Waals surface area (Å²) in [5.41, 5.74) is -0.0283. The van der Waals surface area contributed by atoms with Crippen molar-refractivity contribution in [2.24, 2.45) is 5.92 Å². The number of fused-ring (bicyclic) bond motifs is 1. The highest BCUT2D eigenvalue weighted by Gasteiger charge is 2.17. The number of carbonyl (C=O) groups is 1. The first kappa shape index (κ1) is 16.4. The van der Waals surface area contributed by atoms with Crippen molar-refractivity contribution in [3.8, 4) is 0 Å². The number of carbonyl (C=O) groups excluding carboxylic acids is 1. The summed E-state index contributed by atoms with van der Waals surface area (Å²) in [6, 6.07) is 4.50. The van der Waals surface area contributed by atoms with Crippen LogP contribution in [0.5, 0.6) is 0 Å². The molecular weight excluding hydrogens is 310 g/mol. The number of benzene rings is 1. The second-order valence-corrected chi connectivity index (χ2v) is 6.40. The van der Waals surface area contributed by atoms with Crippen molar-refractivity contribution in [2.45, 2.75) is 26.3 Å². The average Bonchev–Trinajstić information content (AvgIpc) is 3.05. The third-order valence-electron chi connectivity index (χ3n) is 4.28. The lowest BCUT2D eigenvalue weighted by Crippen LogP contribution is -2.36. The van der Waals surface area contributed by atoms with Gasteiger partial charge in [0.1, 0.15) is 0 Å². The van der Waals surface area contributed by atoms with E-state index in [1.807, 2.05) is 0 Å². The van der Waals surface area contributed by atoms with Gasteiger partial charge in [-0.15, -0.1) is 0 Å². The summed E-state index contributed by atoms with van der Waals surface area (Å²) < 4.78 is 6.45. The maximum absolute atomic E-state index is 12.4. The molecule has 2 heterocycles. The van der Waals surface area contributed by atoms with E-state index in [4.69, 9.17) is 4.74 Å². The van der Waals surface area contributed by atoms with E-state index < -0.39 is 5.69 Å². The molecule has 7 nitrogen and oxygen atoms in total. The van der Waals surface area contributed by atoms with Crippen LogP contribution in [0.3, 0.4) is 0 Å². The zero-order valence-electron chi connectivity index (χ0n) is 13.8. The van der Waals surface area contributed by atoms with E-state index in [1.165, 1.54) is 4.57 Å². The van der Waals surface area contributed by atoms with E-state index in [0.29, 0.717) is 35.5 Å². The van der Waals surface area contributed by atoms with E-state index in [1.54, 1.807) is 32.0 Å². The molecule has 0 bridgehead atoms. The minimum atomic E-state index is -0.469. The molecule has 2 N–H and O–H groups in total. The molecule has 1 aromatic carbocycles. The normalized spacial score (nSPS) is 17.5. The lowest BCUT2D eigenvalue weighted by Gasteiger charge is -2.11. The molecule has 1 aliphatic rings. The number of nitrogens with zero attached hydrogens (tertiary/aromatic N) is 1. The highest BCUT2D eigenvalue weighted by molar-refractivity contribution is 5.97. The largest absolute Gasteiger partial charge is 0.381 e. The van der Waals surface area contributed by atoms with Gasteiger partial charge in [0.2, 0.25) is 0 Å². The first-order valence-corrected chi connectivity index (χ1v) is 8.12. The Hall–Kier alpha value is -2.41. The summed E-state index contributed by atoms with van der Waals surface area (Å²) in [5, 5.41) is 3.26. The topological polar surface area (TPSA) is 93.2 Å². The zero-order valence-corrected chi connectivity index (χ0v) is 13.8. The molecule has 24 heavy (non-hydrogen) atoms. The van der Waals surface area contributed by atoms with Crippen LogP contribution in [0.1, 0.15) is 36.7 Å². The highest BCUT2D eigenvalue weighted by Crippen LogP contribution is 2.13. The van der Waals surface area contributed by atoms with Gasteiger partial charge >= 0.3 is 5.69 Å². The molecule has 1 saturated heterocycles. The van der Waals surface area contributed by atoms with Crippen LogP contribution in [0.25, 0.3) is 10.9 Å². The first-order valence-electron chi connectivity index (χ1n) is 8.12. The fraction of sp³-hybridized carbons (Fsp3) is 0.471. The Kier molecular flexibility index (Phi) is 4.53. The fourth-order valence-electron chi connectivity index (χ4n) is 2.93. The van der Waals surface area contributed by atoms with Crippen LogP contribution >= 0.6 is 0 Å². The van der Waals surface area contributed by atoms with Gasteiger partial charge in [-0.2, -0.15) is 0 Å². The molecule has 0 unspecified atom stereocenters. The molecule has 128 valence electrons. The lowest BCUT2D eigenvalue weighted by atomic mass is 10.1. The van der Waals surface area contributed by atoms with Gasteiger partial charge in [0, 0.05) is 30.7 Å². The molecule has 1 aliphatic heterocycles. The minimum Gasteiger partial charge on any atom is -0.381 e. The van der Waals surface area contributed by atoms with Gasteiger partial charge in [-0.1, -0.05) is 0 Å². The number of H-pyrrole nitrogens is 1. The van der Waals surface area contributed by atoms with Crippen molar-refractivity contribution in [3.63, 3.8) is 0 Å². The molecule has 1 amide bonds. The van der Waals surface area contributed by atoms with Crippen LogP contribution in [0.15, 0.2) is 27.8 Å². The number of rotatable bonds is 4. The summed E-state index contributed by atoms with van der Waals surface area (Å²) in [7, 11) is 0. The third-order valence-corrected chi connectivity index (χ3v) is 4.28. The van der Waals surface area contributed by atoms with Crippen LogP contribution in [0.4, 0.5) is 0 Å². The number of hydrogen-bond acceptors (Lipinski definition) is 4. The van der Waals surface area contributed by atoms with Gasteiger partial charge in [-0.05, 0) is 38.5 Å². The lowest BCUT2D eigenvalue weighted by molar-refractivity contribution is 0.0945. The number of aromatic nitrogens is 2. The van der Waals surface area contributed by atoms with Crippen molar-refractivity contribution >= 4 is 16.8 Å².